The van der Waals surface area contributed by atoms with Crippen molar-refractivity contribution in [1.29, 1.82) is 0 Å². The molecule has 0 radical (unpaired) electrons. The molecular weight excluding hydrogens is 98.1 g/mol. The lowest BCUT2D eigenvalue weighted by Gasteiger charge is -2.05. The van der Waals surface area contributed by atoms with E-state index in [-0.39, 0.29) is 0 Å². The Kier molecular flexibility index (Phi) is 0.651. The summed E-state index contributed by atoms with van der Waals surface area (Å²) in [6.07, 6.45) is 6.27. The third kappa shape index (κ3) is 0.445. The molecule has 0 aromatic heterocycles. The van der Waals surface area contributed by atoms with Crippen LogP contribution in [0.25, 0.3) is 0 Å². The van der Waals surface area contributed by atoms with Gasteiger partial charge in [-0.05, 0) is 24.7 Å². The highest BCUT2D eigenvalue weighted by atomic mass is 15.0. The third-order valence-electron chi connectivity index (χ3n) is 2.52. The highest BCUT2D eigenvalue weighted by molar-refractivity contribution is 5.79. The molecule has 1 nitrogen and oxygen atoms in total. The van der Waals surface area contributed by atoms with Crippen LogP contribution in [0.5, 0.6) is 0 Å². The van der Waals surface area contributed by atoms with Crippen LogP contribution in [-0.2, 0) is 0 Å². The molecule has 1 aliphatic carbocycles. The first kappa shape index (κ1) is 4.54. The number of rotatable bonds is 2. The van der Waals surface area contributed by atoms with Gasteiger partial charge < -0.3 is 0 Å². The summed E-state index contributed by atoms with van der Waals surface area (Å²) in [7, 11) is 0. The molecular formula is C7H11N. The molecule has 1 saturated carbocycles. The Balaban J connectivity index is 2.00. The molecule has 0 N–H and O–H groups in total. The summed E-state index contributed by atoms with van der Waals surface area (Å²) in [6, 6.07) is 0.674. The summed E-state index contributed by atoms with van der Waals surface area (Å²) < 4.78 is 0. The van der Waals surface area contributed by atoms with Crippen molar-refractivity contribution in [2.75, 3.05) is 0 Å². The maximum atomic E-state index is 4.18. The fourth-order valence-corrected chi connectivity index (χ4v) is 1.38. The second-order valence-corrected chi connectivity index (χ2v) is 2.96. The second-order valence-electron chi connectivity index (χ2n) is 2.96. The molecule has 1 atom stereocenters. The van der Waals surface area contributed by atoms with Gasteiger partial charge in [0.1, 0.15) is 0 Å². The van der Waals surface area contributed by atoms with E-state index >= 15 is 0 Å². The van der Waals surface area contributed by atoms with Gasteiger partial charge in [-0.3, -0.25) is 4.99 Å². The first-order chi connectivity index (χ1) is 3.87. The van der Waals surface area contributed by atoms with Crippen molar-refractivity contribution in [3.05, 3.63) is 0 Å². The standard InChI is InChI=1S/C7H11N/c1-2-7(3-4-7)6-5-8-6/h5-6H,2-4H2,1H3. The summed E-state index contributed by atoms with van der Waals surface area (Å²) in [6.45, 7) is 2.27. The summed E-state index contributed by atoms with van der Waals surface area (Å²) in [5.41, 5.74) is 0.681. The Morgan fingerprint density at radius 3 is 2.50 bits per heavy atom. The Hall–Kier alpha value is -0.330. The van der Waals surface area contributed by atoms with Crippen molar-refractivity contribution in [2.24, 2.45) is 10.4 Å². The zero-order valence-corrected chi connectivity index (χ0v) is 5.22. The van der Waals surface area contributed by atoms with Crippen molar-refractivity contribution in [3.63, 3.8) is 0 Å². The highest BCUT2D eigenvalue weighted by Gasteiger charge is 2.50. The van der Waals surface area contributed by atoms with Gasteiger partial charge in [0.25, 0.3) is 0 Å². The SMILES string of the molecule is CCC1(C2C=N2)CC1. The predicted molar refractivity (Wildman–Crippen MR) is 34.2 cm³/mol. The van der Waals surface area contributed by atoms with Gasteiger partial charge in [0.15, 0.2) is 0 Å². The maximum Gasteiger partial charge on any atom is 0.0899 e. The van der Waals surface area contributed by atoms with E-state index in [1.807, 2.05) is 0 Å². The fraction of sp³-hybridized carbons (Fsp3) is 0.857. The van der Waals surface area contributed by atoms with Gasteiger partial charge >= 0.3 is 0 Å². The molecule has 1 unspecified atom stereocenters. The Morgan fingerprint density at radius 2 is 2.38 bits per heavy atom. The summed E-state index contributed by atoms with van der Waals surface area (Å²) in [5.74, 6) is 0. The van der Waals surface area contributed by atoms with Gasteiger partial charge in [-0.2, -0.15) is 0 Å². The normalized spacial score (nSPS) is 37.4. The minimum Gasteiger partial charge on any atom is -0.286 e. The van der Waals surface area contributed by atoms with E-state index in [4.69, 9.17) is 0 Å². The van der Waals surface area contributed by atoms with Crippen LogP contribution in [0.15, 0.2) is 4.99 Å². The van der Waals surface area contributed by atoms with Crippen LogP contribution < -0.4 is 0 Å². The molecule has 44 valence electrons. The zero-order chi connectivity index (χ0) is 5.61. The predicted octanol–water partition coefficient (Wildman–Crippen LogP) is 1.63. The highest BCUT2D eigenvalue weighted by Crippen LogP contribution is 2.54. The van der Waals surface area contributed by atoms with E-state index in [0.29, 0.717) is 11.5 Å². The molecule has 1 aliphatic heterocycles. The van der Waals surface area contributed by atoms with Crippen LogP contribution in [0.1, 0.15) is 26.2 Å². The van der Waals surface area contributed by atoms with E-state index in [0.717, 1.165) is 0 Å². The number of nitrogens with zero attached hydrogens (tertiary/aromatic N) is 1. The van der Waals surface area contributed by atoms with E-state index < -0.39 is 0 Å². The van der Waals surface area contributed by atoms with Gasteiger partial charge in [-0.1, -0.05) is 6.92 Å². The number of hydrogen-bond acceptors (Lipinski definition) is 1. The molecule has 0 aromatic rings. The van der Waals surface area contributed by atoms with Gasteiger partial charge in [0.2, 0.25) is 0 Å². The van der Waals surface area contributed by atoms with E-state index in [9.17, 15) is 0 Å². The van der Waals surface area contributed by atoms with Crippen LogP contribution in [0.2, 0.25) is 0 Å². The fourth-order valence-electron chi connectivity index (χ4n) is 1.38. The van der Waals surface area contributed by atoms with Gasteiger partial charge in [0.05, 0.1) is 6.04 Å². The summed E-state index contributed by atoms with van der Waals surface area (Å²) in [5, 5.41) is 0. The number of hydrogen-bond donors (Lipinski definition) is 0. The van der Waals surface area contributed by atoms with Crippen molar-refractivity contribution in [3.8, 4) is 0 Å². The zero-order valence-electron chi connectivity index (χ0n) is 5.22. The van der Waals surface area contributed by atoms with Crippen molar-refractivity contribution in [2.45, 2.75) is 32.2 Å². The van der Waals surface area contributed by atoms with Gasteiger partial charge in [-0.15, -0.1) is 0 Å². The van der Waals surface area contributed by atoms with E-state index in [1.165, 1.54) is 19.3 Å². The van der Waals surface area contributed by atoms with Gasteiger partial charge in [-0.25, -0.2) is 0 Å². The molecule has 0 amide bonds. The molecule has 0 spiro atoms. The summed E-state index contributed by atoms with van der Waals surface area (Å²) in [4.78, 5) is 4.18. The lowest BCUT2D eigenvalue weighted by molar-refractivity contribution is 0.494. The topological polar surface area (TPSA) is 12.4 Å². The molecule has 0 saturated heterocycles. The smallest absolute Gasteiger partial charge is 0.0899 e. The molecule has 8 heavy (non-hydrogen) atoms. The molecule has 2 rings (SSSR count). The molecule has 1 heterocycles. The first-order valence-electron chi connectivity index (χ1n) is 3.41. The number of aliphatic imine (C=N–C) groups is 1. The molecule has 1 fully saturated rings. The van der Waals surface area contributed by atoms with Crippen LogP contribution in [-0.4, -0.2) is 12.3 Å². The van der Waals surface area contributed by atoms with Crippen LogP contribution in [0.3, 0.4) is 0 Å². The minimum atomic E-state index is 0.674. The average molecular weight is 109 g/mol. The second kappa shape index (κ2) is 1.15. The largest absolute Gasteiger partial charge is 0.286 e. The van der Waals surface area contributed by atoms with Gasteiger partial charge in [0, 0.05) is 6.21 Å². The monoisotopic (exact) mass is 109 g/mol. The van der Waals surface area contributed by atoms with Crippen LogP contribution >= 0.6 is 0 Å². The molecule has 0 aromatic carbocycles. The minimum absolute atomic E-state index is 0.674. The Bertz CT molecular complexity index is 127. The Labute approximate surface area is 49.8 Å². The van der Waals surface area contributed by atoms with E-state index in [1.54, 1.807) is 0 Å². The van der Waals surface area contributed by atoms with Crippen molar-refractivity contribution < 1.29 is 0 Å². The molecule has 1 heteroatoms. The van der Waals surface area contributed by atoms with Crippen molar-refractivity contribution >= 4 is 6.21 Å². The lowest BCUT2D eigenvalue weighted by atomic mass is 9.99. The molecule has 0 bridgehead atoms. The van der Waals surface area contributed by atoms with Crippen molar-refractivity contribution in [1.82, 2.24) is 0 Å². The van der Waals surface area contributed by atoms with Crippen LogP contribution in [0.4, 0.5) is 0 Å². The quantitative estimate of drug-likeness (QED) is 0.511. The van der Waals surface area contributed by atoms with Crippen LogP contribution in [0, 0.1) is 5.41 Å². The maximum absolute atomic E-state index is 4.18. The average Bonchev–Trinajstić information content (AvgIpc) is 2.63. The summed E-state index contributed by atoms with van der Waals surface area (Å²) >= 11 is 0. The first-order valence-corrected chi connectivity index (χ1v) is 3.41. The van der Waals surface area contributed by atoms with E-state index in [2.05, 4.69) is 18.1 Å². The third-order valence-corrected chi connectivity index (χ3v) is 2.52. The Morgan fingerprint density at radius 1 is 1.75 bits per heavy atom. The molecule has 2 aliphatic rings. The lowest BCUT2D eigenvalue weighted by Crippen LogP contribution is -2.07.